The van der Waals surface area contributed by atoms with E-state index in [-0.39, 0.29) is 0 Å². The maximum Gasteiger partial charge on any atom is 0.227 e. The van der Waals surface area contributed by atoms with E-state index >= 15 is 0 Å². The largest absolute Gasteiger partial charge is 0.370 e. The number of rotatable bonds is 5. The van der Waals surface area contributed by atoms with Gasteiger partial charge >= 0.3 is 0 Å². The summed E-state index contributed by atoms with van der Waals surface area (Å²) >= 11 is 0. The van der Waals surface area contributed by atoms with Gasteiger partial charge in [-0.1, -0.05) is 20.8 Å². The number of nitrogens with zero attached hydrogens (tertiary/aromatic N) is 3. The van der Waals surface area contributed by atoms with Crippen LogP contribution in [0.15, 0.2) is 0 Å². The summed E-state index contributed by atoms with van der Waals surface area (Å²) < 4.78 is 0. The molecule has 0 spiro atoms. The van der Waals surface area contributed by atoms with E-state index in [0.29, 0.717) is 5.92 Å². The standard InChI is InChI=1S/C13H24N4/c1-7-8-14-12-11(9(2)3)10(4)15-13(16-12)17(5)6/h9H,7-8H2,1-6H3,(H,14,15,16). The van der Waals surface area contributed by atoms with Crippen molar-refractivity contribution in [3.05, 3.63) is 11.3 Å². The molecule has 0 unspecified atom stereocenters. The zero-order chi connectivity index (χ0) is 13.0. The normalized spacial score (nSPS) is 10.8. The third-order valence-electron chi connectivity index (χ3n) is 2.64. The Bertz CT molecular complexity index is 372. The van der Waals surface area contributed by atoms with Gasteiger partial charge in [0.25, 0.3) is 0 Å². The molecule has 17 heavy (non-hydrogen) atoms. The Balaban J connectivity index is 3.19. The highest BCUT2D eigenvalue weighted by atomic mass is 15.2. The highest BCUT2D eigenvalue weighted by Gasteiger charge is 2.15. The summed E-state index contributed by atoms with van der Waals surface area (Å²) in [6.07, 6.45) is 1.10. The first-order valence-electron chi connectivity index (χ1n) is 6.27. The second kappa shape index (κ2) is 5.84. The average molecular weight is 236 g/mol. The molecule has 0 bridgehead atoms. The third-order valence-corrected chi connectivity index (χ3v) is 2.64. The maximum absolute atomic E-state index is 4.60. The van der Waals surface area contributed by atoms with Crippen LogP contribution in [0.3, 0.4) is 0 Å². The first-order chi connectivity index (χ1) is 7.97. The van der Waals surface area contributed by atoms with Crippen molar-refractivity contribution in [1.82, 2.24) is 9.97 Å². The van der Waals surface area contributed by atoms with Crippen molar-refractivity contribution in [2.45, 2.75) is 40.0 Å². The topological polar surface area (TPSA) is 41.1 Å². The molecule has 0 aromatic carbocycles. The van der Waals surface area contributed by atoms with Crippen LogP contribution in [0.5, 0.6) is 0 Å². The van der Waals surface area contributed by atoms with Crippen LogP contribution in [-0.4, -0.2) is 30.6 Å². The van der Waals surface area contributed by atoms with E-state index < -0.39 is 0 Å². The van der Waals surface area contributed by atoms with E-state index in [9.17, 15) is 0 Å². The Hall–Kier alpha value is -1.32. The van der Waals surface area contributed by atoms with Crippen LogP contribution in [-0.2, 0) is 0 Å². The molecule has 1 heterocycles. The summed E-state index contributed by atoms with van der Waals surface area (Å²) in [5, 5.41) is 3.40. The van der Waals surface area contributed by atoms with Crippen molar-refractivity contribution in [3.63, 3.8) is 0 Å². The predicted molar refractivity (Wildman–Crippen MR) is 74.0 cm³/mol. The zero-order valence-corrected chi connectivity index (χ0v) is 11.8. The van der Waals surface area contributed by atoms with Crippen LogP contribution in [0.25, 0.3) is 0 Å². The van der Waals surface area contributed by atoms with Gasteiger partial charge in [-0.2, -0.15) is 4.98 Å². The number of anilines is 2. The fraction of sp³-hybridized carbons (Fsp3) is 0.692. The molecule has 0 atom stereocenters. The van der Waals surface area contributed by atoms with E-state index in [1.165, 1.54) is 5.56 Å². The van der Waals surface area contributed by atoms with Crippen molar-refractivity contribution in [2.75, 3.05) is 30.9 Å². The lowest BCUT2D eigenvalue weighted by atomic mass is 10.0. The first kappa shape index (κ1) is 13.7. The fourth-order valence-corrected chi connectivity index (χ4v) is 1.84. The molecule has 1 rings (SSSR count). The molecule has 1 aromatic heterocycles. The summed E-state index contributed by atoms with van der Waals surface area (Å²) in [5.41, 5.74) is 2.29. The highest BCUT2D eigenvalue weighted by molar-refractivity contribution is 5.52. The molecular weight excluding hydrogens is 212 g/mol. The second-order valence-corrected chi connectivity index (χ2v) is 4.85. The van der Waals surface area contributed by atoms with Crippen LogP contribution in [0.1, 0.15) is 44.4 Å². The number of nitrogens with one attached hydrogen (secondary N) is 1. The molecule has 96 valence electrons. The lowest BCUT2D eigenvalue weighted by Gasteiger charge is -2.19. The highest BCUT2D eigenvalue weighted by Crippen LogP contribution is 2.26. The first-order valence-corrected chi connectivity index (χ1v) is 6.27. The average Bonchev–Trinajstić information content (AvgIpc) is 2.24. The molecule has 0 aliphatic heterocycles. The van der Waals surface area contributed by atoms with Crippen molar-refractivity contribution < 1.29 is 0 Å². The monoisotopic (exact) mass is 236 g/mol. The fourth-order valence-electron chi connectivity index (χ4n) is 1.84. The molecule has 4 nitrogen and oxygen atoms in total. The number of hydrogen-bond donors (Lipinski definition) is 1. The van der Waals surface area contributed by atoms with Crippen LogP contribution >= 0.6 is 0 Å². The Kier molecular flexibility index (Phi) is 4.73. The number of aromatic nitrogens is 2. The maximum atomic E-state index is 4.60. The number of hydrogen-bond acceptors (Lipinski definition) is 4. The molecule has 1 aromatic rings. The predicted octanol–water partition coefficient (Wildman–Crippen LogP) is 2.80. The van der Waals surface area contributed by atoms with E-state index in [0.717, 1.165) is 30.4 Å². The van der Waals surface area contributed by atoms with Crippen molar-refractivity contribution in [1.29, 1.82) is 0 Å². The van der Waals surface area contributed by atoms with Crippen LogP contribution in [0, 0.1) is 6.92 Å². The van der Waals surface area contributed by atoms with Gasteiger partial charge in [-0.05, 0) is 19.3 Å². The van der Waals surface area contributed by atoms with Crippen molar-refractivity contribution >= 4 is 11.8 Å². The van der Waals surface area contributed by atoms with Gasteiger partial charge in [-0.3, -0.25) is 0 Å². The van der Waals surface area contributed by atoms with E-state index in [4.69, 9.17) is 0 Å². The van der Waals surface area contributed by atoms with Crippen molar-refractivity contribution in [3.8, 4) is 0 Å². The van der Waals surface area contributed by atoms with Gasteiger partial charge in [-0.15, -0.1) is 0 Å². The molecule has 1 N–H and O–H groups in total. The molecular formula is C13H24N4. The van der Waals surface area contributed by atoms with E-state index in [2.05, 4.69) is 43.0 Å². The Morgan fingerprint density at radius 1 is 1.24 bits per heavy atom. The quantitative estimate of drug-likeness (QED) is 0.853. The molecule has 0 fully saturated rings. The molecule has 0 amide bonds. The lowest BCUT2D eigenvalue weighted by Crippen LogP contribution is -2.17. The van der Waals surface area contributed by atoms with Gasteiger partial charge < -0.3 is 10.2 Å². The summed E-state index contributed by atoms with van der Waals surface area (Å²) in [7, 11) is 3.93. The van der Waals surface area contributed by atoms with Crippen LogP contribution in [0.4, 0.5) is 11.8 Å². The molecule has 0 saturated heterocycles. The SMILES string of the molecule is CCCNc1nc(N(C)C)nc(C)c1C(C)C. The van der Waals surface area contributed by atoms with Gasteiger partial charge in [0.15, 0.2) is 0 Å². The minimum absolute atomic E-state index is 0.436. The zero-order valence-electron chi connectivity index (χ0n) is 11.8. The smallest absolute Gasteiger partial charge is 0.227 e. The Morgan fingerprint density at radius 2 is 1.88 bits per heavy atom. The van der Waals surface area contributed by atoms with Crippen LogP contribution < -0.4 is 10.2 Å². The molecule has 0 aliphatic carbocycles. The van der Waals surface area contributed by atoms with Crippen molar-refractivity contribution in [2.24, 2.45) is 0 Å². The third kappa shape index (κ3) is 3.32. The van der Waals surface area contributed by atoms with E-state index in [1.807, 2.05) is 19.0 Å². The number of aryl methyl sites for hydroxylation is 1. The Labute approximate surface area is 104 Å². The Morgan fingerprint density at radius 3 is 2.35 bits per heavy atom. The van der Waals surface area contributed by atoms with E-state index in [1.54, 1.807) is 0 Å². The van der Waals surface area contributed by atoms with Gasteiger partial charge in [0.05, 0.1) is 0 Å². The van der Waals surface area contributed by atoms with Crippen LogP contribution in [0.2, 0.25) is 0 Å². The molecule has 0 radical (unpaired) electrons. The summed E-state index contributed by atoms with van der Waals surface area (Å²) in [5.74, 6) is 2.19. The molecule has 0 aliphatic rings. The molecule has 0 saturated carbocycles. The minimum Gasteiger partial charge on any atom is -0.370 e. The lowest BCUT2D eigenvalue weighted by molar-refractivity contribution is 0.819. The summed E-state index contributed by atoms with van der Waals surface area (Å²) in [4.78, 5) is 11.1. The minimum atomic E-state index is 0.436. The van der Waals surface area contributed by atoms with Gasteiger partial charge in [0.2, 0.25) is 5.95 Å². The van der Waals surface area contributed by atoms with Gasteiger partial charge in [0, 0.05) is 31.9 Å². The van der Waals surface area contributed by atoms with Gasteiger partial charge in [0.1, 0.15) is 5.82 Å². The summed E-state index contributed by atoms with van der Waals surface area (Å²) in [6, 6.07) is 0. The summed E-state index contributed by atoms with van der Waals surface area (Å²) in [6.45, 7) is 9.52. The van der Waals surface area contributed by atoms with Gasteiger partial charge in [-0.25, -0.2) is 4.98 Å². The molecule has 4 heteroatoms. The second-order valence-electron chi connectivity index (χ2n) is 4.85.